The Balaban J connectivity index is 2.94. The predicted molar refractivity (Wildman–Crippen MR) is 77.6 cm³/mol. The first kappa shape index (κ1) is 15.4. The topological polar surface area (TPSA) is 57.6 Å². The largest absolute Gasteiger partial charge is 0.478 e. The smallest absolute Gasteiger partial charge is 0.328 e. The number of carbonyl (C=O) groups excluding carboxylic acids is 1. The normalized spacial score (nSPS) is 12.6. The van der Waals surface area contributed by atoms with Crippen LogP contribution in [0.2, 0.25) is 0 Å². The molecule has 1 amide bonds. The number of carboxylic acids is 1. The number of hydrogen-bond acceptors (Lipinski definition) is 3. The second-order valence-corrected chi connectivity index (χ2v) is 5.59. The van der Waals surface area contributed by atoms with Gasteiger partial charge in [0.2, 0.25) is 0 Å². The van der Waals surface area contributed by atoms with Gasteiger partial charge in [0.1, 0.15) is 0 Å². The third-order valence-corrected chi connectivity index (χ3v) is 4.31. The summed E-state index contributed by atoms with van der Waals surface area (Å²) in [4.78, 5) is 25.9. The summed E-state index contributed by atoms with van der Waals surface area (Å²) in [7, 11) is 1.79. The Morgan fingerprint density at radius 2 is 2.16 bits per heavy atom. The van der Waals surface area contributed by atoms with Crippen LogP contribution in [-0.4, -0.2) is 35.0 Å². The Kier molecular flexibility index (Phi) is 5.30. The van der Waals surface area contributed by atoms with Crippen molar-refractivity contribution in [1.82, 2.24) is 4.90 Å². The van der Waals surface area contributed by atoms with Gasteiger partial charge in [-0.05, 0) is 38.0 Å². The minimum atomic E-state index is -0.989. The molecule has 0 aliphatic rings. The summed E-state index contributed by atoms with van der Waals surface area (Å²) in [5.74, 6) is -1.00. The molecule has 0 bridgehead atoms. The summed E-state index contributed by atoms with van der Waals surface area (Å²) >= 11 is 1.32. The van der Waals surface area contributed by atoms with Crippen molar-refractivity contribution in [3.63, 3.8) is 0 Å². The van der Waals surface area contributed by atoms with Crippen molar-refractivity contribution in [3.05, 3.63) is 27.5 Å². The molecule has 0 saturated carbocycles. The quantitative estimate of drug-likeness (QED) is 0.844. The molecule has 0 fully saturated rings. The number of carboxylic acid groups (broad SMARTS) is 1. The van der Waals surface area contributed by atoms with Crippen LogP contribution in [0, 0.1) is 6.92 Å². The molecular formula is C14H19NO3S. The molecule has 1 heterocycles. The fraction of sp³-hybridized carbons (Fsp3) is 0.429. The van der Waals surface area contributed by atoms with Gasteiger partial charge in [-0.2, -0.15) is 0 Å². The van der Waals surface area contributed by atoms with Gasteiger partial charge in [0, 0.05) is 24.0 Å². The minimum Gasteiger partial charge on any atom is -0.478 e. The predicted octanol–water partition coefficient (Wildman–Crippen LogP) is 3.02. The Morgan fingerprint density at radius 3 is 2.68 bits per heavy atom. The van der Waals surface area contributed by atoms with E-state index in [9.17, 15) is 9.59 Å². The molecule has 1 atom stereocenters. The summed E-state index contributed by atoms with van der Waals surface area (Å²) in [5.41, 5.74) is 0.920. The number of amides is 1. The lowest BCUT2D eigenvalue weighted by molar-refractivity contribution is -0.131. The van der Waals surface area contributed by atoms with E-state index in [0.717, 1.165) is 22.9 Å². The molecule has 4 nitrogen and oxygen atoms in total. The van der Waals surface area contributed by atoms with Crippen LogP contribution in [-0.2, 0) is 4.79 Å². The number of hydrogen-bond donors (Lipinski definition) is 1. The summed E-state index contributed by atoms with van der Waals surface area (Å²) in [6, 6.07) is 2.00. The van der Waals surface area contributed by atoms with E-state index in [1.165, 1.54) is 17.4 Å². The average molecular weight is 281 g/mol. The zero-order valence-electron chi connectivity index (χ0n) is 11.6. The van der Waals surface area contributed by atoms with Gasteiger partial charge in [0.25, 0.3) is 5.91 Å². The van der Waals surface area contributed by atoms with Crippen molar-refractivity contribution in [3.8, 4) is 0 Å². The van der Waals surface area contributed by atoms with Crippen molar-refractivity contribution in [1.29, 1.82) is 0 Å². The highest BCUT2D eigenvalue weighted by Gasteiger charge is 2.18. The SMILES string of the molecule is CCC(C)N(C)C(=O)c1cc(C)c(C=CC(=O)O)s1. The third kappa shape index (κ3) is 3.92. The first-order valence-electron chi connectivity index (χ1n) is 6.15. The number of aliphatic carboxylic acids is 1. The summed E-state index contributed by atoms with van der Waals surface area (Å²) in [6.07, 6.45) is 3.52. The molecule has 1 rings (SSSR count). The summed E-state index contributed by atoms with van der Waals surface area (Å²) in [6.45, 7) is 5.91. The average Bonchev–Trinajstić information content (AvgIpc) is 2.75. The third-order valence-electron chi connectivity index (χ3n) is 3.12. The van der Waals surface area contributed by atoms with Crippen LogP contribution in [0.4, 0.5) is 0 Å². The fourth-order valence-corrected chi connectivity index (χ4v) is 2.62. The molecule has 1 aromatic heterocycles. The van der Waals surface area contributed by atoms with Gasteiger partial charge < -0.3 is 10.0 Å². The maximum absolute atomic E-state index is 12.2. The Hall–Kier alpha value is -1.62. The maximum Gasteiger partial charge on any atom is 0.328 e. The van der Waals surface area contributed by atoms with Crippen LogP contribution < -0.4 is 0 Å². The number of carbonyl (C=O) groups is 2. The van der Waals surface area contributed by atoms with Gasteiger partial charge in [0.15, 0.2) is 0 Å². The molecular weight excluding hydrogens is 262 g/mol. The molecule has 1 aromatic rings. The molecule has 0 aromatic carbocycles. The Bertz CT molecular complexity index is 505. The van der Waals surface area contributed by atoms with Crippen LogP contribution in [0.3, 0.4) is 0 Å². The number of rotatable bonds is 5. The number of aryl methyl sites for hydroxylation is 1. The monoisotopic (exact) mass is 281 g/mol. The summed E-state index contributed by atoms with van der Waals surface area (Å²) in [5, 5.41) is 8.62. The van der Waals surface area contributed by atoms with E-state index < -0.39 is 5.97 Å². The first-order chi connectivity index (χ1) is 8.86. The molecule has 0 aliphatic heterocycles. The standard InChI is InChI=1S/C14H19NO3S/c1-5-10(3)15(4)14(18)12-8-9(2)11(19-12)6-7-13(16)17/h6-8,10H,5H2,1-4H3,(H,16,17). The highest BCUT2D eigenvalue weighted by atomic mass is 32.1. The van der Waals surface area contributed by atoms with E-state index in [0.29, 0.717) is 4.88 Å². The lowest BCUT2D eigenvalue weighted by Gasteiger charge is -2.23. The Labute approximate surface area is 117 Å². The summed E-state index contributed by atoms with van der Waals surface area (Å²) < 4.78 is 0. The van der Waals surface area contributed by atoms with Crippen LogP contribution in [0.25, 0.3) is 6.08 Å². The van der Waals surface area contributed by atoms with Crippen LogP contribution >= 0.6 is 11.3 Å². The molecule has 0 aliphatic carbocycles. The molecule has 0 spiro atoms. The molecule has 0 saturated heterocycles. The molecule has 0 radical (unpaired) electrons. The van der Waals surface area contributed by atoms with E-state index in [1.54, 1.807) is 11.9 Å². The van der Waals surface area contributed by atoms with Crippen LogP contribution in [0.1, 0.15) is 40.4 Å². The molecule has 5 heteroatoms. The highest BCUT2D eigenvalue weighted by molar-refractivity contribution is 7.15. The lowest BCUT2D eigenvalue weighted by atomic mass is 10.2. The number of nitrogens with zero attached hydrogens (tertiary/aromatic N) is 1. The van der Waals surface area contributed by atoms with Crippen LogP contribution in [0.5, 0.6) is 0 Å². The van der Waals surface area contributed by atoms with Crippen LogP contribution in [0.15, 0.2) is 12.1 Å². The molecule has 1 N–H and O–H groups in total. The second-order valence-electron chi connectivity index (χ2n) is 4.50. The van der Waals surface area contributed by atoms with Crippen molar-refractivity contribution < 1.29 is 14.7 Å². The van der Waals surface area contributed by atoms with Gasteiger partial charge in [-0.3, -0.25) is 4.79 Å². The van der Waals surface area contributed by atoms with Gasteiger partial charge in [-0.15, -0.1) is 11.3 Å². The van der Waals surface area contributed by atoms with Crippen molar-refractivity contribution >= 4 is 29.3 Å². The second kappa shape index (κ2) is 6.52. The van der Waals surface area contributed by atoms with E-state index in [1.807, 2.05) is 26.8 Å². The highest BCUT2D eigenvalue weighted by Crippen LogP contribution is 2.25. The lowest BCUT2D eigenvalue weighted by Crippen LogP contribution is -2.34. The van der Waals surface area contributed by atoms with Crippen molar-refractivity contribution in [2.75, 3.05) is 7.05 Å². The molecule has 104 valence electrons. The van der Waals surface area contributed by atoms with E-state index in [4.69, 9.17) is 5.11 Å². The van der Waals surface area contributed by atoms with Gasteiger partial charge >= 0.3 is 5.97 Å². The fourth-order valence-electron chi connectivity index (χ4n) is 1.56. The molecule has 19 heavy (non-hydrogen) atoms. The zero-order chi connectivity index (χ0) is 14.6. The van der Waals surface area contributed by atoms with Gasteiger partial charge in [0.05, 0.1) is 4.88 Å². The van der Waals surface area contributed by atoms with Crippen molar-refractivity contribution in [2.45, 2.75) is 33.2 Å². The minimum absolute atomic E-state index is 0.0163. The first-order valence-corrected chi connectivity index (χ1v) is 6.97. The zero-order valence-corrected chi connectivity index (χ0v) is 12.5. The Morgan fingerprint density at radius 1 is 1.53 bits per heavy atom. The van der Waals surface area contributed by atoms with Gasteiger partial charge in [-0.25, -0.2) is 4.79 Å². The van der Waals surface area contributed by atoms with Gasteiger partial charge in [-0.1, -0.05) is 6.92 Å². The molecule has 1 unspecified atom stereocenters. The number of thiophene rings is 1. The van der Waals surface area contributed by atoms with E-state index in [-0.39, 0.29) is 11.9 Å². The van der Waals surface area contributed by atoms with E-state index >= 15 is 0 Å². The van der Waals surface area contributed by atoms with Crippen molar-refractivity contribution in [2.24, 2.45) is 0 Å². The maximum atomic E-state index is 12.2. The van der Waals surface area contributed by atoms with E-state index in [2.05, 4.69) is 0 Å².